The van der Waals surface area contributed by atoms with Gasteiger partial charge >= 0.3 is 0 Å². The van der Waals surface area contributed by atoms with Crippen molar-refractivity contribution in [1.29, 1.82) is 0 Å². The summed E-state index contributed by atoms with van der Waals surface area (Å²) in [5.74, 6) is 0. The van der Waals surface area contributed by atoms with Crippen molar-refractivity contribution in [2.75, 3.05) is 33.7 Å². The van der Waals surface area contributed by atoms with Crippen LogP contribution >= 0.6 is 0 Å². The summed E-state index contributed by atoms with van der Waals surface area (Å²) < 4.78 is 0. The first-order valence-corrected chi connectivity index (χ1v) is 6.56. The van der Waals surface area contributed by atoms with E-state index in [4.69, 9.17) is 0 Å². The van der Waals surface area contributed by atoms with Crippen LogP contribution in [0.3, 0.4) is 0 Å². The van der Waals surface area contributed by atoms with Crippen LogP contribution < -0.4 is 5.32 Å². The first-order chi connectivity index (χ1) is 8.33. The number of unbranched alkanes of at least 4 members (excludes halogenated alkanes) is 2. The summed E-state index contributed by atoms with van der Waals surface area (Å²) in [6.07, 6.45) is 6.81. The fourth-order valence-electron chi connectivity index (χ4n) is 1.82. The lowest BCUT2D eigenvalue weighted by molar-refractivity contribution is 0.327. The van der Waals surface area contributed by atoms with Crippen LogP contribution in [0.5, 0.6) is 0 Å². The van der Waals surface area contributed by atoms with Crippen molar-refractivity contribution in [2.45, 2.75) is 25.7 Å². The van der Waals surface area contributed by atoms with Gasteiger partial charge in [0, 0.05) is 24.9 Å². The largest absolute Gasteiger partial charge is 0.320 e. The number of rotatable bonds is 9. The summed E-state index contributed by atoms with van der Waals surface area (Å²) in [7, 11) is 4.21. The summed E-state index contributed by atoms with van der Waals surface area (Å²) in [4.78, 5) is 6.73. The molecule has 3 nitrogen and oxygen atoms in total. The highest BCUT2D eigenvalue weighted by Crippen LogP contribution is 1.99. The van der Waals surface area contributed by atoms with E-state index in [1.165, 1.54) is 31.5 Å². The molecule has 1 aromatic heterocycles. The van der Waals surface area contributed by atoms with E-state index < -0.39 is 0 Å². The minimum Gasteiger partial charge on any atom is -0.320 e. The third-order valence-electron chi connectivity index (χ3n) is 2.94. The van der Waals surface area contributed by atoms with E-state index >= 15 is 0 Å². The monoisotopic (exact) mass is 235 g/mol. The molecule has 0 aliphatic carbocycles. The van der Waals surface area contributed by atoms with Gasteiger partial charge in [0.2, 0.25) is 0 Å². The molecule has 1 heterocycles. The lowest BCUT2D eigenvalue weighted by Crippen LogP contribution is -2.22. The highest BCUT2D eigenvalue weighted by Gasteiger charge is 1.99. The maximum Gasteiger partial charge on any atom is 0.0416 e. The van der Waals surface area contributed by atoms with Crippen LogP contribution in [0, 0.1) is 0 Å². The molecule has 0 fully saturated rings. The van der Waals surface area contributed by atoms with E-state index in [1.54, 1.807) is 0 Å². The molecule has 0 atom stereocenters. The zero-order valence-corrected chi connectivity index (χ0v) is 11.2. The molecule has 0 unspecified atom stereocenters. The minimum atomic E-state index is 1.05. The summed E-state index contributed by atoms with van der Waals surface area (Å²) >= 11 is 0. The average molecular weight is 235 g/mol. The van der Waals surface area contributed by atoms with Crippen molar-refractivity contribution in [3.63, 3.8) is 0 Å². The van der Waals surface area contributed by atoms with Gasteiger partial charge in [-0.05, 0) is 52.2 Å². The van der Waals surface area contributed by atoms with Gasteiger partial charge in [0.15, 0.2) is 0 Å². The highest BCUT2D eigenvalue weighted by atomic mass is 15.1. The van der Waals surface area contributed by atoms with E-state index in [2.05, 4.69) is 34.4 Å². The van der Waals surface area contributed by atoms with E-state index in [9.17, 15) is 0 Å². The Balaban J connectivity index is 2.03. The van der Waals surface area contributed by atoms with Crippen LogP contribution in [-0.2, 0) is 6.42 Å². The van der Waals surface area contributed by atoms with Gasteiger partial charge in [0.25, 0.3) is 0 Å². The quantitative estimate of drug-likeness (QED) is 0.663. The molecule has 0 saturated carbocycles. The molecule has 0 saturated heterocycles. The predicted molar refractivity (Wildman–Crippen MR) is 73.2 cm³/mol. The molecule has 0 aromatic carbocycles. The zero-order valence-electron chi connectivity index (χ0n) is 11.2. The lowest BCUT2D eigenvalue weighted by atomic mass is 10.2. The predicted octanol–water partition coefficient (Wildman–Crippen LogP) is 1.95. The van der Waals surface area contributed by atoms with Crippen LogP contribution in [-0.4, -0.2) is 43.6 Å². The molecule has 0 radical (unpaired) electrons. The van der Waals surface area contributed by atoms with Crippen LogP contribution in [0.2, 0.25) is 0 Å². The van der Waals surface area contributed by atoms with Gasteiger partial charge in [0.05, 0.1) is 0 Å². The second-order valence-corrected chi connectivity index (χ2v) is 4.54. The van der Waals surface area contributed by atoms with Crippen LogP contribution in [0.25, 0.3) is 0 Å². The number of aromatic nitrogens is 1. The lowest BCUT2D eigenvalue weighted by Gasteiger charge is -2.16. The Morgan fingerprint density at radius 3 is 2.76 bits per heavy atom. The average Bonchev–Trinajstić information content (AvgIpc) is 2.37. The van der Waals surface area contributed by atoms with Crippen molar-refractivity contribution in [3.05, 3.63) is 30.1 Å². The summed E-state index contributed by atoms with van der Waals surface area (Å²) in [6, 6.07) is 6.12. The normalized spacial score (nSPS) is 11.0. The van der Waals surface area contributed by atoms with Crippen LogP contribution in [0.1, 0.15) is 25.0 Å². The fraction of sp³-hybridized carbons (Fsp3) is 0.643. The Hall–Kier alpha value is -0.930. The van der Waals surface area contributed by atoms with Crippen molar-refractivity contribution in [3.8, 4) is 0 Å². The molecule has 0 spiro atoms. The van der Waals surface area contributed by atoms with Crippen molar-refractivity contribution in [2.24, 2.45) is 0 Å². The molecule has 96 valence electrons. The SMILES string of the molecule is CNCCCCCN(C)CCc1ccccn1. The first-order valence-electron chi connectivity index (χ1n) is 6.56. The third kappa shape index (κ3) is 7.08. The summed E-state index contributed by atoms with van der Waals surface area (Å²) in [6.45, 7) is 3.43. The Morgan fingerprint density at radius 1 is 1.18 bits per heavy atom. The molecule has 1 rings (SSSR count). The Labute approximate surface area is 105 Å². The molecule has 0 aliphatic rings. The van der Waals surface area contributed by atoms with Crippen molar-refractivity contribution in [1.82, 2.24) is 15.2 Å². The number of hydrogen-bond acceptors (Lipinski definition) is 3. The molecule has 3 heteroatoms. The molecule has 1 N–H and O–H groups in total. The number of hydrogen-bond donors (Lipinski definition) is 1. The standard InChI is InChI=1S/C14H25N3/c1-15-10-5-3-7-12-17(2)13-9-14-8-4-6-11-16-14/h4,6,8,11,15H,3,5,7,9-10,12-13H2,1-2H3. The number of likely N-dealkylation sites (N-methyl/N-ethyl adjacent to an activating group) is 1. The zero-order chi connectivity index (χ0) is 12.3. The van der Waals surface area contributed by atoms with E-state index in [0.29, 0.717) is 0 Å². The molecular weight excluding hydrogens is 210 g/mol. The Morgan fingerprint density at radius 2 is 2.06 bits per heavy atom. The molecule has 0 bridgehead atoms. The second kappa shape index (κ2) is 9.14. The van der Waals surface area contributed by atoms with E-state index in [0.717, 1.165) is 19.5 Å². The molecule has 1 aromatic rings. The number of pyridine rings is 1. The smallest absolute Gasteiger partial charge is 0.0416 e. The maximum atomic E-state index is 4.34. The first kappa shape index (κ1) is 14.1. The highest BCUT2D eigenvalue weighted by molar-refractivity contribution is 5.03. The van der Waals surface area contributed by atoms with E-state index in [1.807, 2.05) is 19.3 Å². The van der Waals surface area contributed by atoms with Gasteiger partial charge < -0.3 is 10.2 Å². The molecule has 17 heavy (non-hydrogen) atoms. The van der Waals surface area contributed by atoms with Crippen LogP contribution in [0.4, 0.5) is 0 Å². The van der Waals surface area contributed by atoms with Gasteiger partial charge in [-0.15, -0.1) is 0 Å². The Bertz CT molecular complexity index is 274. The fourth-order valence-corrected chi connectivity index (χ4v) is 1.82. The van der Waals surface area contributed by atoms with Crippen molar-refractivity contribution < 1.29 is 0 Å². The van der Waals surface area contributed by atoms with Gasteiger partial charge in [0.1, 0.15) is 0 Å². The number of nitrogens with zero attached hydrogens (tertiary/aromatic N) is 2. The third-order valence-corrected chi connectivity index (χ3v) is 2.94. The second-order valence-electron chi connectivity index (χ2n) is 4.54. The summed E-state index contributed by atoms with van der Waals surface area (Å²) in [5.41, 5.74) is 1.19. The molecule has 0 aliphatic heterocycles. The Kier molecular flexibility index (Phi) is 7.60. The van der Waals surface area contributed by atoms with Crippen LogP contribution in [0.15, 0.2) is 24.4 Å². The molecular formula is C14H25N3. The topological polar surface area (TPSA) is 28.2 Å². The molecule has 0 amide bonds. The van der Waals surface area contributed by atoms with Gasteiger partial charge in [-0.1, -0.05) is 12.5 Å². The van der Waals surface area contributed by atoms with E-state index in [-0.39, 0.29) is 0 Å². The maximum absolute atomic E-state index is 4.34. The van der Waals surface area contributed by atoms with Crippen molar-refractivity contribution >= 4 is 0 Å². The minimum absolute atomic E-state index is 1.05. The van der Waals surface area contributed by atoms with Gasteiger partial charge in [-0.25, -0.2) is 0 Å². The summed E-state index contributed by atoms with van der Waals surface area (Å²) in [5, 5.41) is 3.18. The van der Waals surface area contributed by atoms with Gasteiger partial charge in [-0.3, -0.25) is 4.98 Å². The number of nitrogens with one attached hydrogen (secondary N) is 1. The van der Waals surface area contributed by atoms with Gasteiger partial charge in [-0.2, -0.15) is 0 Å².